The van der Waals surface area contributed by atoms with Gasteiger partial charge in [-0.2, -0.15) is 5.10 Å². The van der Waals surface area contributed by atoms with E-state index in [1.165, 1.54) is 30.2 Å². The summed E-state index contributed by atoms with van der Waals surface area (Å²) in [6.07, 6.45) is 3.10. The Bertz CT molecular complexity index is 1190. The quantitative estimate of drug-likeness (QED) is 0.394. The van der Waals surface area contributed by atoms with Crippen LogP contribution in [-0.2, 0) is 4.79 Å². The van der Waals surface area contributed by atoms with E-state index in [1.807, 2.05) is 32.0 Å². The molecule has 6 nitrogen and oxygen atoms in total. The van der Waals surface area contributed by atoms with Crippen molar-refractivity contribution in [1.29, 1.82) is 0 Å². The molecule has 4 rings (SSSR count). The highest BCUT2D eigenvalue weighted by Gasteiger charge is 2.14. The fourth-order valence-electron chi connectivity index (χ4n) is 2.92. The number of amides is 1. The van der Waals surface area contributed by atoms with Crippen LogP contribution >= 0.6 is 11.8 Å². The lowest BCUT2D eigenvalue weighted by Crippen LogP contribution is -2.15. The van der Waals surface area contributed by atoms with Gasteiger partial charge in [0.15, 0.2) is 5.65 Å². The first-order valence-electron chi connectivity index (χ1n) is 8.96. The van der Waals surface area contributed by atoms with Crippen LogP contribution in [0.1, 0.15) is 11.1 Å². The van der Waals surface area contributed by atoms with Crippen LogP contribution in [0.4, 0.5) is 10.1 Å². The van der Waals surface area contributed by atoms with Crippen LogP contribution in [0.5, 0.6) is 0 Å². The third-order valence-electron chi connectivity index (χ3n) is 4.62. The highest BCUT2D eigenvalue weighted by atomic mass is 32.2. The molecule has 0 aliphatic rings. The lowest BCUT2D eigenvalue weighted by Gasteiger charge is -2.10. The number of carbonyl (C=O) groups excluding carboxylic acids is 1. The molecule has 0 atom stereocenters. The molecule has 0 radical (unpaired) electrons. The summed E-state index contributed by atoms with van der Waals surface area (Å²) in [6, 6.07) is 11.8. The second kappa shape index (κ2) is 8.00. The Morgan fingerprint density at radius 3 is 2.72 bits per heavy atom. The summed E-state index contributed by atoms with van der Waals surface area (Å²) in [6.45, 7) is 3.99. The molecule has 2 aromatic heterocycles. The smallest absolute Gasteiger partial charge is 0.234 e. The highest BCUT2D eigenvalue weighted by molar-refractivity contribution is 8.00. The molecule has 8 heteroatoms. The number of benzene rings is 2. The van der Waals surface area contributed by atoms with Gasteiger partial charge in [0.1, 0.15) is 17.2 Å². The van der Waals surface area contributed by atoms with E-state index >= 15 is 0 Å². The van der Waals surface area contributed by atoms with Crippen molar-refractivity contribution in [2.24, 2.45) is 0 Å². The first-order chi connectivity index (χ1) is 14.0. The van der Waals surface area contributed by atoms with Gasteiger partial charge in [-0.1, -0.05) is 23.9 Å². The summed E-state index contributed by atoms with van der Waals surface area (Å²) >= 11 is 1.32. The average molecular weight is 407 g/mol. The Balaban J connectivity index is 1.52. The van der Waals surface area contributed by atoms with Gasteiger partial charge in [-0.15, -0.1) is 0 Å². The number of hydrogen-bond donors (Lipinski definition) is 1. The molecule has 0 bridgehead atoms. The predicted octanol–water partition coefficient (Wildman–Crippen LogP) is 4.30. The van der Waals surface area contributed by atoms with E-state index in [1.54, 1.807) is 23.0 Å². The highest BCUT2D eigenvalue weighted by Crippen LogP contribution is 2.26. The molecule has 0 fully saturated rings. The maximum Gasteiger partial charge on any atom is 0.234 e. The van der Waals surface area contributed by atoms with Gasteiger partial charge in [0, 0.05) is 5.69 Å². The molecular formula is C21H18FN5OS. The summed E-state index contributed by atoms with van der Waals surface area (Å²) in [5, 5.41) is 8.70. The molecule has 0 aliphatic heterocycles. The third-order valence-corrected chi connectivity index (χ3v) is 5.62. The van der Waals surface area contributed by atoms with Gasteiger partial charge in [0.2, 0.25) is 5.91 Å². The minimum Gasteiger partial charge on any atom is -0.325 e. The third kappa shape index (κ3) is 3.97. The summed E-state index contributed by atoms with van der Waals surface area (Å²) in [5.41, 5.74) is 4.29. The van der Waals surface area contributed by atoms with Crippen LogP contribution in [-0.4, -0.2) is 31.4 Å². The fourth-order valence-corrected chi connectivity index (χ4v) is 3.68. The van der Waals surface area contributed by atoms with Crippen LogP contribution in [0.25, 0.3) is 16.7 Å². The summed E-state index contributed by atoms with van der Waals surface area (Å²) < 4.78 is 14.8. The van der Waals surface area contributed by atoms with Gasteiger partial charge in [0.25, 0.3) is 0 Å². The number of aromatic nitrogens is 4. The summed E-state index contributed by atoms with van der Waals surface area (Å²) in [7, 11) is 0. The number of rotatable bonds is 5. The molecule has 146 valence electrons. The van der Waals surface area contributed by atoms with Crippen molar-refractivity contribution in [3.63, 3.8) is 0 Å². The topological polar surface area (TPSA) is 72.7 Å². The predicted molar refractivity (Wildman–Crippen MR) is 112 cm³/mol. The normalized spacial score (nSPS) is 11.0. The maximum atomic E-state index is 13.2. The first kappa shape index (κ1) is 19.1. The molecule has 2 aromatic carbocycles. The minimum atomic E-state index is -0.314. The Labute approximate surface area is 171 Å². The van der Waals surface area contributed by atoms with Crippen molar-refractivity contribution >= 4 is 34.4 Å². The van der Waals surface area contributed by atoms with Crippen molar-refractivity contribution in [1.82, 2.24) is 19.7 Å². The molecule has 0 spiro atoms. The molecule has 0 saturated heterocycles. The Morgan fingerprint density at radius 1 is 1.14 bits per heavy atom. The number of halogens is 1. The van der Waals surface area contributed by atoms with Crippen molar-refractivity contribution in [3.05, 3.63) is 71.9 Å². The van der Waals surface area contributed by atoms with Crippen molar-refractivity contribution in [2.75, 3.05) is 11.1 Å². The zero-order valence-corrected chi connectivity index (χ0v) is 16.7. The van der Waals surface area contributed by atoms with Gasteiger partial charge in [-0.05, 0) is 55.3 Å². The number of aryl methyl sites for hydroxylation is 1. The van der Waals surface area contributed by atoms with Crippen LogP contribution < -0.4 is 5.32 Å². The molecule has 0 saturated carbocycles. The van der Waals surface area contributed by atoms with E-state index in [0.717, 1.165) is 22.2 Å². The Morgan fingerprint density at radius 2 is 1.93 bits per heavy atom. The second-order valence-electron chi connectivity index (χ2n) is 6.53. The average Bonchev–Trinajstić information content (AvgIpc) is 3.15. The van der Waals surface area contributed by atoms with Crippen molar-refractivity contribution in [2.45, 2.75) is 18.9 Å². The van der Waals surface area contributed by atoms with E-state index < -0.39 is 0 Å². The largest absolute Gasteiger partial charge is 0.325 e. The SMILES string of the molecule is Cc1cccc(NC(=O)CSc2ncnc3c2cnn3-c2ccc(F)cc2)c1C. The molecule has 0 aliphatic carbocycles. The zero-order valence-electron chi connectivity index (χ0n) is 15.9. The lowest BCUT2D eigenvalue weighted by molar-refractivity contribution is -0.113. The molecule has 29 heavy (non-hydrogen) atoms. The van der Waals surface area contributed by atoms with Crippen LogP contribution in [0.2, 0.25) is 0 Å². The van der Waals surface area contributed by atoms with Gasteiger partial charge < -0.3 is 5.32 Å². The van der Waals surface area contributed by atoms with E-state index in [2.05, 4.69) is 20.4 Å². The van der Waals surface area contributed by atoms with Gasteiger partial charge in [0.05, 0.1) is 23.0 Å². The fraction of sp³-hybridized carbons (Fsp3) is 0.143. The molecule has 1 amide bonds. The number of nitrogens with zero attached hydrogens (tertiary/aromatic N) is 4. The zero-order chi connectivity index (χ0) is 20.4. The second-order valence-corrected chi connectivity index (χ2v) is 7.50. The summed E-state index contributed by atoms with van der Waals surface area (Å²) in [5.74, 6) is -0.214. The van der Waals surface area contributed by atoms with Crippen molar-refractivity contribution < 1.29 is 9.18 Å². The molecule has 0 unspecified atom stereocenters. The van der Waals surface area contributed by atoms with Gasteiger partial charge >= 0.3 is 0 Å². The molecular weight excluding hydrogens is 389 g/mol. The monoisotopic (exact) mass is 407 g/mol. The molecule has 4 aromatic rings. The van der Waals surface area contributed by atoms with E-state index in [9.17, 15) is 9.18 Å². The number of nitrogens with one attached hydrogen (secondary N) is 1. The molecule has 2 heterocycles. The molecule has 1 N–H and O–H groups in total. The standard InChI is InChI=1S/C21H18FN5OS/c1-13-4-3-5-18(14(13)2)26-19(28)11-29-21-17-10-25-27(20(17)23-12-24-21)16-8-6-15(22)7-9-16/h3-10,12H,11H2,1-2H3,(H,26,28). The van der Waals surface area contributed by atoms with Gasteiger partial charge in [-0.25, -0.2) is 19.0 Å². The van der Waals surface area contributed by atoms with Gasteiger partial charge in [-0.3, -0.25) is 4.79 Å². The number of fused-ring (bicyclic) bond motifs is 1. The Kier molecular flexibility index (Phi) is 5.26. The lowest BCUT2D eigenvalue weighted by atomic mass is 10.1. The maximum absolute atomic E-state index is 13.2. The Hall–Kier alpha value is -3.26. The number of hydrogen-bond acceptors (Lipinski definition) is 5. The number of thioether (sulfide) groups is 1. The van der Waals surface area contributed by atoms with Crippen LogP contribution in [0.15, 0.2) is 60.0 Å². The minimum absolute atomic E-state index is 0.110. The van der Waals surface area contributed by atoms with E-state index in [-0.39, 0.29) is 17.5 Å². The summed E-state index contributed by atoms with van der Waals surface area (Å²) in [4.78, 5) is 21.0. The first-order valence-corrected chi connectivity index (χ1v) is 9.95. The van der Waals surface area contributed by atoms with E-state index in [4.69, 9.17) is 0 Å². The number of anilines is 1. The van der Waals surface area contributed by atoms with Crippen molar-refractivity contribution in [3.8, 4) is 5.69 Å². The van der Waals surface area contributed by atoms with E-state index in [0.29, 0.717) is 16.4 Å². The number of carbonyl (C=O) groups is 1. The van der Waals surface area contributed by atoms with Crippen LogP contribution in [0, 0.1) is 19.7 Å². The van der Waals surface area contributed by atoms with Crippen LogP contribution in [0.3, 0.4) is 0 Å².